The third kappa shape index (κ3) is 2.29. The number of aromatic nitrogens is 2. The van der Waals surface area contributed by atoms with Crippen LogP contribution in [0.25, 0.3) is 11.0 Å². The Morgan fingerprint density at radius 1 is 1.65 bits per heavy atom. The van der Waals surface area contributed by atoms with Gasteiger partial charge in [-0.15, -0.1) is 0 Å². The van der Waals surface area contributed by atoms with Gasteiger partial charge in [0, 0.05) is 23.7 Å². The van der Waals surface area contributed by atoms with Gasteiger partial charge in [-0.05, 0) is 24.2 Å². The maximum atomic E-state index is 11.3. The first-order chi connectivity index (χ1) is 8.26. The predicted octanol–water partition coefficient (Wildman–Crippen LogP) is 1.17. The van der Waals surface area contributed by atoms with Crippen LogP contribution >= 0.6 is 0 Å². The first-order valence-electron chi connectivity index (χ1n) is 5.45. The summed E-state index contributed by atoms with van der Waals surface area (Å²) in [5.41, 5.74) is 7.54. The van der Waals surface area contributed by atoms with Crippen LogP contribution in [0.2, 0.25) is 0 Å². The van der Waals surface area contributed by atoms with Crippen LogP contribution in [0.5, 0.6) is 0 Å². The molecule has 0 aliphatic rings. The fourth-order valence-corrected chi connectivity index (χ4v) is 1.92. The van der Waals surface area contributed by atoms with Gasteiger partial charge in [-0.1, -0.05) is 0 Å². The molecule has 2 aromatic rings. The SMILES string of the molecule is COC(=O)CC(CN)c1c[nH]c2ncccc12. The molecule has 90 valence electrons. The molecule has 0 aliphatic carbocycles. The first kappa shape index (κ1) is 11.6. The lowest BCUT2D eigenvalue weighted by atomic mass is 9.96. The van der Waals surface area contributed by atoms with Crippen molar-refractivity contribution in [3.63, 3.8) is 0 Å². The number of aromatic amines is 1. The molecule has 5 heteroatoms. The zero-order valence-electron chi connectivity index (χ0n) is 9.64. The maximum Gasteiger partial charge on any atom is 0.306 e. The highest BCUT2D eigenvalue weighted by molar-refractivity contribution is 5.81. The lowest BCUT2D eigenvalue weighted by molar-refractivity contribution is -0.141. The number of hydrogen-bond donors (Lipinski definition) is 2. The second-order valence-electron chi connectivity index (χ2n) is 3.86. The number of carbonyl (C=O) groups is 1. The highest BCUT2D eigenvalue weighted by Gasteiger charge is 2.18. The smallest absolute Gasteiger partial charge is 0.306 e. The molecule has 0 aromatic carbocycles. The zero-order valence-corrected chi connectivity index (χ0v) is 9.64. The normalized spacial score (nSPS) is 12.6. The summed E-state index contributed by atoms with van der Waals surface area (Å²) in [5, 5.41) is 1.01. The van der Waals surface area contributed by atoms with Crippen molar-refractivity contribution in [1.29, 1.82) is 0 Å². The van der Waals surface area contributed by atoms with Crippen LogP contribution in [0.3, 0.4) is 0 Å². The summed E-state index contributed by atoms with van der Waals surface area (Å²) in [5.74, 6) is -0.293. The number of nitrogens with two attached hydrogens (primary N) is 1. The van der Waals surface area contributed by atoms with E-state index < -0.39 is 0 Å². The molecule has 1 unspecified atom stereocenters. The maximum absolute atomic E-state index is 11.3. The Labute approximate surface area is 99.0 Å². The van der Waals surface area contributed by atoms with Crippen LogP contribution in [0, 0.1) is 0 Å². The molecule has 0 aliphatic heterocycles. The minimum Gasteiger partial charge on any atom is -0.469 e. The second kappa shape index (κ2) is 4.97. The molecule has 2 aromatic heterocycles. The number of carbonyl (C=O) groups excluding carboxylic acids is 1. The minimum absolute atomic E-state index is 0.0413. The second-order valence-corrected chi connectivity index (χ2v) is 3.86. The molecule has 3 N–H and O–H groups in total. The number of fused-ring (bicyclic) bond motifs is 1. The number of pyridine rings is 1. The van der Waals surface area contributed by atoms with Crippen molar-refractivity contribution in [2.75, 3.05) is 13.7 Å². The molecule has 0 fully saturated rings. The zero-order chi connectivity index (χ0) is 12.3. The van der Waals surface area contributed by atoms with Gasteiger partial charge in [0.1, 0.15) is 5.65 Å². The Hall–Kier alpha value is -1.88. The molecule has 0 radical (unpaired) electrons. The van der Waals surface area contributed by atoms with E-state index in [0.29, 0.717) is 6.54 Å². The largest absolute Gasteiger partial charge is 0.469 e. The van der Waals surface area contributed by atoms with Crippen molar-refractivity contribution in [3.05, 3.63) is 30.1 Å². The first-order valence-corrected chi connectivity index (χ1v) is 5.45. The summed E-state index contributed by atoms with van der Waals surface area (Å²) in [6.07, 6.45) is 3.87. The van der Waals surface area contributed by atoms with Gasteiger partial charge in [-0.25, -0.2) is 4.98 Å². The van der Waals surface area contributed by atoms with E-state index in [0.717, 1.165) is 16.6 Å². The van der Waals surface area contributed by atoms with Crippen LogP contribution in [-0.4, -0.2) is 29.6 Å². The molecule has 2 rings (SSSR count). The number of hydrogen-bond acceptors (Lipinski definition) is 4. The van der Waals surface area contributed by atoms with Gasteiger partial charge >= 0.3 is 5.97 Å². The van der Waals surface area contributed by atoms with Gasteiger partial charge in [-0.2, -0.15) is 0 Å². The van der Waals surface area contributed by atoms with E-state index in [9.17, 15) is 4.79 Å². The molecule has 2 heterocycles. The number of H-pyrrole nitrogens is 1. The summed E-state index contributed by atoms with van der Waals surface area (Å²) >= 11 is 0. The van der Waals surface area contributed by atoms with Gasteiger partial charge in [0.05, 0.1) is 13.5 Å². The van der Waals surface area contributed by atoms with Gasteiger partial charge in [-0.3, -0.25) is 4.79 Å². The molecule has 0 spiro atoms. The third-order valence-electron chi connectivity index (χ3n) is 2.85. The predicted molar refractivity (Wildman–Crippen MR) is 64.5 cm³/mol. The van der Waals surface area contributed by atoms with Crippen molar-refractivity contribution in [3.8, 4) is 0 Å². The fraction of sp³-hybridized carbons (Fsp3) is 0.333. The summed E-state index contributed by atoms with van der Waals surface area (Å²) in [6, 6.07) is 3.83. The molecule has 0 saturated heterocycles. The van der Waals surface area contributed by atoms with E-state index in [1.807, 2.05) is 18.3 Å². The minimum atomic E-state index is -0.251. The molecule has 0 bridgehead atoms. The number of nitrogens with one attached hydrogen (secondary N) is 1. The Balaban J connectivity index is 2.33. The van der Waals surface area contributed by atoms with E-state index >= 15 is 0 Å². The van der Waals surface area contributed by atoms with Crippen molar-refractivity contribution in [2.24, 2.45) is 5.73 Å². The Morgan fingerprint density at radius 2 is 2.47 bits per heavy atom. The lowest BCUT2D eigenvalue weighted by Gasteiger charge is -2.12. The summed E-state index contributed by atoms with van der Waals surface area (Å²) in [4.78, 5) is 18.6. The number of rotatable bonds is 4. The van der Waals surface area contributed by atoms with E-state index in [4.69, 9.17) is 5.73 Å². The average Bonchev–Trinajstić information content (AvgIpc) is 2.79. The van der Waals surface area contributed by atoms with Crippen LogP contribution < -0.4 is 5.73 Å². The van der Waals surface area contributed by atoms with Crippen molar-refractivity contribution < 1.29 is 9.53 Å². The van der Waals surface area contributed by atoms with E-state index in [-0.39, 0.29) is 18.3 Å². The van der Waals surface area contributed by atoms with Crippen LogP contribution in [0.4, 0.5) is 0 Å². The quantitative estimate of drug-likeness (QED) is 0.777. The van der Waals surface area contributed by atoms with E-state index in [1.54, 1.807) is 6.20 Å². The van der Waals surface area contributed by atoms with Crippen LogP contribution in [0.1, 0.15) is 17.9 Å². The molecule has 1 atom stereocenters. The number of methoxy groups -OCH3 is 1. The third-order valence-corrected chi connectivity index (χ3v) is 2.85. The lowest BCUT2D eigenvalue weighted by Crippen LogP contribution is -2.17. The average molecular weight is 233 g/mol. The van der Waals surface area contributed by atoms with Gasteiger partial charge in [0.2, 0.25) is 0 Å². The topological polar surface area (TPSA) is 81.0 Å². The van der Waals surface area contributed by atoms with Crippen LogP contribution in [-0.2, 0) is 9.53 Å². The number of esters is 1. The molecular formula is C12H15N3O2. The standard InChI is InChI=1S/C12H15N3O2/c1-17-11(16)5-8(6-13)10-7-15-12-9(10)3-2-4-14-12/h2-4,7-8H,5-6,13H2,1H3,(H,14,15). The Morgan fingerprint density at radius 3 is 3.18 bits per heavy atom. The molecule has 0 amide bonds. The Bertz CT molecular complexity index is 521. The number of ether oxygens (including phenoxy) is 1. The van der Waals surface area contributed by atoms with Crippen LogP contribution in [0.15, 0.2) is 24.5 Å². The summed E-state index contributed by atoms with van der Waals surface area (Å²) < 4.78 is 4.67. The summed E-state index contributed by atoms with van der Waals surface area (Å²) in [7, 11) is 1.38. The molecular weight excluding hydrogens is 218 g/mol. The fourth-order valence-electron chi connectivity index (χ4n) is 1.92. The van der Waals surface area contributed by atoms with Crippen molar-refractivity contribution in [2.45, 2.75) is 12.3 Å². The van der Waals surface area contributed by atoms with Gasteiger partial charge < -0.3 is 15.5 Å². The van der Waals surface area contributed by atoms with E-state index in [2.05, 4.69) is 14.7 Å². The van der Waals surface area contributed by atoms with Crippen molar-refractivity contribution >= 4 is 17.0 Å². The molecule has 5 nitrogen and oxygen atoms in total. The van der Waals surface area contributed by atoms with Gasteiger partial charge in [0.15, 0.2) is 0 Å². The molecule has 0 saturated carbocycles. The number of nitrogens with zero attached hydrogens (tertiary/aromatic N) is 1. The monoisotopic (exact) mass is 233 g/mol. The summed E-state index contributed by atoms with van der Waals surface area (Å²) in [6.45, 7) is 0.400. The van der Waals surface area contributed by atoms with Gasteiger partial charge in [0.25, 0.3) is 0 Å². The van der Waals surface area contributed by atoms with Crippen molar-refractivity contribution in [1.82, 2.24) is 9.97 Å². The highest BCUT2D eigenvalue weighted by atomic mass is 16.5. The van der Waals surface area contributed by atoms with E-state index in [1.165, 1.54) is 7.11 Å². The molecule has 17 heavy (non-hydrogen) atoms. The Kier molecular flexibility index (Phi) is 3.39. The highest BCUT2D eigenvalue weighted by Crippen LogP contribution is 2.26.